The monoisotopic (exact) mass is 222 g/mol. The summed E-state index contributed by atoms with van der Waals surface area (Å²) in [6.45, 7) is 10.7. The number of benzene rings is 1. The van der Waals surface area contributed by atoms with Crippen LogP contribution in [0.25, 0.3) is 0 Å². The summed E-state index contributed by atoms with van der Waals surface area (Å²) in [5, 5.41) is 0. The van der Waals surface area contributed by atoms with E-state index >= 15 is 0 Å². The van der Waals surface area contributed by atoms with Gasteiger partial charge in [-0.2, -0.15) is 0 Å². The van der Waals surface area contributed by atoms with Gasteiger partial charge in [0.15, 0.2) is 0 Å². The predicted molar refractivity (Wildman–Crippen MR) is 68.6 cm³/mol. The van der Waals surface area contributed by atoms with Crippen LogP contribution in [0.4, 0.5) is 4.39 Å². The minimum Gasteiger partial charge on any atom is -0.207 e. The highest BCUT2D eigenvalue weighted by molar-refractivity contribution is 5.39. The van der Waals surface area contributed by atoms with E-state index in [0.717, 1.165) is 12.8 Å². The van der Waals surface area contributed by atoms with Crippen molar-refractivity contribution >= 4 is 0 Å². The van der Waals surface area contributed by atoms with Crippen molar-refractivity contribution in [3.8, 4) is 0 Å². The number of hydrogen-bond donors (Lipinski definition) is 0. The topological polar surface area (TPSA) is 0 Å². The molecule has 0 atom stereocenters. The molecule has 0 saturated carbocycles. The Morgan fingerprint density at radius 1 is 1.00 bits per heavy atom. The summed E-state index contributed by atoms with van der Waals surface area (Å²) in [7, 11) is 0. The molecule has 1 aromatic rings. The van der Waals surface area contributed by atoms with E-state index in [0.29, 0.717) is 11.8 Å². The maximum atomic E-state index is 13.6. The SMILES string of the molecule is CCCc1c(C(C)C)cc(F)cc1C(C)C. The fourth-order valence-corrected chi connectivity index (χ4v) is 2.25. The van der Waals surface area contributed by atoms with E-state index in [1.165, 1.54) is 16.7 Å². The molecule has 0 aliphatic heterocycles. The van der Waals surface area contributed by atoms with Crippen molar-refractivity contribution in [1.29, 1.82) is 0 Å². The molecule has 0 N–H and O–H groups in total. The van der Waals surface area contributed by atoms with E-state index in [2.05, 4.69) is 34.6 Å². The van der Waals surface area contributed by atoms with E-state index < -0.39 is 0 Å². The van der Waals surface area contributed by atoms with Gasteiger partial charge in [0.05, 0.1) is 0 Å². The molecule has 0 spiro atoms. The minimum absolute atomic E-state index is 0.0905. The Balaban J connectivity index is 3.35. The second-order valence-corrected chi connectivity index (χ2v) is 5.12. The molecule has 0 heterocycles. The van der Waals surface area contributed by atoms with Crippen molar-refractivity contribution in [2.45, 2.75) is 59.3 Å². The Bertz CT molecular complexity index is 321. The predicted octanol–water partition coefficient (Wildman–Crippen LogP) is 5.03. The third-order valence-corrected chi connectivity index (χ3v) is 3.03. The fraction of sp³-hybridized carbons (Fsp3) is 0.600. The molecule has 1 aromatic carbocycles. The van der Waals surface area contributed by atoms with E-state index in [4.69, 9.17) is 0 Å². The van der Waals surface area contributed by atoms with E-state index in [9.17, 15) is 4.39 Å². The molecule has 0 fully saturated rings. The van der Waals surface area contributed by atoms with E-state index in [1.807, 2.05) is 0 Å². The Morgan fingerprint density at radius 3 is 1.75 bits per heavy atom. The van der Waals surface area contributed by atoms with Gasteiger partial charge in [0.2, 0.25) is 0 Å². The Morgan fingerprint density at radius 2 is 1.44 bits per heavy atom. The summed E-state index contributed by atoms with van der Waals surface area (Å²) in [6, 6.07) is 3.42. The van der Waals surface area contributed by atoms with Gasteiger partial charge in [0.1, 0.15) is 5.82 Å². The zero-order chi connectivity index (χ0) is 12.3. The van der Waals surface area contributed by atoms with Gasteiger partial charge in [0.25, 0.3) is 0 Å². The minimum atomic E-state index is -0.0905. The van der Waals surface area contributed by atoms with Crippen LogP contribution in [0.15, 0.2) is 12.1 Å². The normalized spacial score (nSPS) is 11.5. The highest BCUT2D eigenvalue weighted by Gasteiger charge is 2.14. The zero-order valence-electron chi connectivity index (χ0n) is 11.1. The Labute approximate surface area is 98.9 Å². The van der Waals surface area contributed by atoms with Gasteiger partial charge in [-0.15, -0.1) is 0 Å². The fourth-order valence-electron chi connectivity index (χ4n) is 2.25. The third-order valence-electron chi connectivity index (χ3n) is 3.03. The first-order valence-electron chi connectivity index (χ1n) is 6.29. The lowest BCUT2D eigenvalue weighted by molar-refractivity contribution is 0.614. The van der Waals surface area contributed by atoms with E-state index in [-0.39, 0.29) is 5.82 Å². The lowest BCUT2D eigenvalue weighted by Gasteiger charge is -2.19. The van der Waals surface area contributed by atoms with Crippen LogP contribution < -0.4 is 0 Å². The van der Waals surface area contributed by atoms with Crippen LogP contribution in [0.2, 0.25) is 0 Å². The Kier molecular flexibility index (Phi) is 4.52. The zero-order valence-corrected chi connectivity index (χ0v) is 11.1. The summed E-state index contributed by atoms with van der Waals surface area (Å²) in [5.41, 5.74) is 3.74. The molecule has 0 unspecified atom stereocenters. The van der Waals surface area contributed by atoms with Gasteiger partial charge in [-0.25, -0.2) is 4.39 Å². The Hall–Kier alpha value is -0.850. The van der Waals surface area contributed by atoms with Gasteiger partial charge >= 0.3 is 0 Å². The van der Waals surface area contributed by atoms with Gasteiger partial charge in [0, 0.05) is 0 Å². The highest BCUT2D eigenvalue weighted by atomic mass is 19.1. The van der Waals surface area contributed by atoms with Crippen molar-refractivity contribution < 1.29 is 4.39 Å². The molecule has 0 aliphatic carbocycles. The van der Waals surface area contributed by atoms with Crippen LogP contribution in [0.3, 0.4) is 0 Å². The maximum absolute atomic E-state index is 13.6. The lowest BCUT2D eigenvalue weighted by atomic mass is 9.86. The molecular formula is C15H23F. The van der Waals surface area contributed by atoms with Crippen LogP contribution in [0, 0.1) is 5.82 Å². The van der Waals surface area contributed by atoms with Crippen molar-refractivity contribution in [3.05, 3.63) is 34.6 Å². The first-order valence-corrected chi connectivity index (χ1v) is 6.29. The highest BCUT2D eigenvalue weighted by Crippen LogP contribution is 2.29. The van der Waals surface area contributed by atoms with Gasteiger partial charge < -0.3 is 0 Å². The molecule has 0 aromatic heterocycles. The summed E-state index contributed by atoms with van der Waals surface area (Å²) < 4.78 is 13.6. The molecule has 0 bridgehead atoms. The molecule has 0 amide bonds. The lowest BCUT2D eigenvalue weighted by Crippen LogP contribution is -2.04. The average molecular weight is 222 g/mol. The van der Waals surface area contributed by atoms with Crippen LogP contribution in [0.1, 0.15) is 69.6 Å². The molecular weight excluding hydrogens is 199 g/mol. The molecule has 1 rings (SSSR count). The van der Waals surface area contributed by atoms with Crippen molar-refractivity contribution in [3.63, 3.8) is 0 Å². The van der Waals surface area contributed by atoms with Crippen LogP contribution in [-0.4, -0.2) is 0 Å². The van der Waals surface area contributed by atoms with Crippen molar-refractivity contribution in [2.75, 3.05) is 0 Å². The van der Waals surface area contributed by atoms with Crippen LogP contribution >= 0.6 is 0 Å². The second kappa shape index (κ2) is 5.47. The third kappa shape index (κ3) is 2.84. The van der Waals surface area contributed by atoms with Crippen LogP contribution in [0.5, 0.6) is 0 Å². The maximum Gasteiger partial charge on any atom is 0.123 e. The summed E-state index contributed by atoms with van der Waals surface area (Å²) in [5.74, 6) is 0.705. The quantitative estimate of drug-likeness (QED) is 0.670. The van der Waals surface area contributed by atoms with Crippen LogP contribution in [-0.2, 0) is 6.42 Å². The summed E-state index contributed by atoms with van der Waals surface area (Å²) >= 11 is 0. The number of halogens is 1. The number of rotatable bonds is 4. The first-order chi connectivity index (χ1) is 7.47. The summed E-state index contributed by atoms with van der Waals surface area (Å²) in [6.07, 6.45) is 2.17. The number of hydrogen-bond acceptors (Lipinski definition) is 0. The molecule has 0 radical (unpaired) electrons. The molecule has 1 heteroatoms. The first kappa shape index (κ1) is 13.2. The van der Waals surface area contributed by atoms with Gasteiger partial charge in [-0.05, 0) is 47.1 Å². The van der Waals surface area contributed by atoms with Crippen molar-refractivity contribution in [2.24, 2.45) is 0 Å². The smallest absolute Gasteiger partial charge is 0.123 e. The second-order valence-electron chi connectivity index (χ2n) is 5.12. The summed E-state index contributed by atoms with van der Waals surface area (Å²) in [4.78, 5) is 0. The van der Waals surface area contributed by atoms with Gasteiger partial charge in [-0.1, -0.05) is 41.0 Å². The molecule has 0 saturated heterocycles. The molecule has 16 heavy (non-hydrogen) atoms. The largest absolute Gasteiger partial charge is 0.207 e. The van der Waals surface area contributed by atoms with Gasteiger partial charge in [-0.3, -0.25) is 0 Å². The average Bonchev–Trinajstić information content (AvgIpc) is 2.19. The van der Waals surface area contributed by atoms with E-state index in [1.54, 1.807) is 12.1 Å². The molecule has 0 nitrogen and oxygen atoms in total. The molecule has 90 valence electrons. The standard InChI is InChI=1S/C15H23F/c1-6-7-13-14(10(2)3)8-12(16)9-15(13)11(4)5/h8-11H,6-7H2,1-5H3. The molecule has 0 aliphatic rings. The van der Waals surface area contributed by atoms with Crippen molar-refractivity contribution in [1.82, 2.24) is 0 Å².